The van der Waals surface area contributed by atoms with Gasteiger partial charge in [-0.3, -0.25) is 4.79 Å². The molecule has 2 aromatic carbocycles. The number of alkyl halides is 3. The highest BCUT2D eigenvalue weighted by Crippen LogP contribution is 2.30. The predicted molar refractivity (Wildman–Crippen MR) is 162 cm³/mol. The van der Waals surface area contributed by atoms with Gasteiger partial charge in [-0.2, -0.15) is 13.2 Å². The lowest BCUT2D eigenvalue weighted by atomic mass is 10.1. The molecule has 4 aromatic rings. The Morgan fingerprint density at radius 1 is 1.12 bits per heavy atom. The number of nitrogens with two attached hydrogens (primary N) is 1. The lowest BCUT2D eigenvalue weighted by Crippen LogP contribution is -2.19. The summed E-state index contributed by atoms with van der Waals surface area (Å²) in [5.41, 5.74) is 8.85. The Kier molecular flexibility index (Phi) is 10.6. The van der Waals surface area contributed by atoms with E-state index in [1.54, 1.807) is 54.9 Å². The summed E-state index contributed by atoms with van der Waals surface area (Å²) in [5, 5.41) is 26.5. The van der Waals surface area contributed by atoms with Crippen LogP contribution in [0.25, 0.3) is 16.7 Å². The number of hydrogen-bond acceptors (Lipinski definition) is 7. The van der Waals surface area contributed by atoms with Crippen LogP contribution in [0.3, 0.4) is 0 Å². The van der Waals surface area contributed by atoms with Crippen LogP contribution in [0.15, 0.2) is 72.3 Å². The molecular formula is C30H33F3N8O. The molecular weight excluding hydrogens is 545 g/mol. The van der Waals surface area contributed by atoms with E-state index in [0.717, 1.165) is 22.8 Å². The Balaban J connectivity index is 0.000000467. The molecule has 2 aromatic heterocycles. The Morgan fingerprint density at radius 2 is 1.86 bits per heavy atom. The minimum Gasteiger partial charge on any atom is -0.398 e. The first-order valence-corrected chi connectivity index (χ1v) is 13.2. The van der Waals surface area contributed by atoms with E-state index in [-0.39, 0.29) is 12.0 Å². The molecule has 0 bridgehead atoms. The number of nitrogens with one attached hydrogen (secondary N) is 4. The molecule has 0 saturated carbocycles. The van der Waals surface area contributed by atoms with Crippen molar-refractivity contribution in [2.24, 2.45) is 5.92 Å². The molecule has 6 N–H and O–H groups in total. The zero-order valence-corrected chi connectivity index (χ0v) is 23.5. The quantitative estimate of drug-likeness (QED) is 0.0806. The summed E-state index contributed by atoms with van der Waals surface area (Å²) in [6.07, 6.45) is 0.615. The SMILES string of the molecule is C/C=C(\C=N)C(=O)Nc1cccc(-n2nc(Nc3ccc(N)c(C=N)c3)c3ccccc32)n1.CCCC(C)C(F)(F)F. The van der Waals surface area contributed by atoms with Crippen molar-refractivity contribution < 1.29 is 18.0 Å². The first kappa shape index (κ1) is 31.5. The van der Waals surface area contributed by atoms with Crippen LogP contribution in [-0.4, -0.2) is 39.3 Å². The van der Waals surface area contributed by atoms with Gasteiger partial charge in [0.05, 0.1) is 17.0 Å². The van der Waals surface area contributed by atoms with Crippen LogP contribution in [0, 0.1) is 16.7 Å². The molecule has 0 aliphatic carbocycles. The average molecular weight is 579 g/mol. The normalized spacial score (nSPS) is 12.2. The van der Waals surface area contributed by atoms with Crippen LogP contribution in [-0.2, 0) is 4.79 Å². The standard InChI is InChI=1S/C24H22N8O.C6H11F3/c1-2-15(13-25)24(33)30-21-8-5-9-22(29-21)32-20-7-4-3-6-18(20)23(31-32)28-17-10-11-19(27)16(12-17)14-26;1-3-4-5(2)6(7,8)9/h2-14,25-26H,27H2,1H3,(H,28,31)(H,29,30,33);5H,3-4H2,1-2H3/b15-2+,25-13?,26-14?;. The Bertz CT molecular complexity index is 1590. The number of benzene rings is 2. The molecule has 42 heavy (non-hydrogen) atoms. The molecule has 0 aliphatic rings. The topological polar surface area (TPSA) is 146 Å². The lowest BCUT2D eigenvalue weighted by molar-refractivity contribution is -0.171. The van der Waals surface area contributed by atoms with E-state index in [1.165, 1.54) is 13.1 Å². The molecule has 0 spiro atoms. The zero-order valence-electron chi connectivity index (χ0n) is 23.5. The number of nitrogens with zero attached hydrogens (tertiary/aromatic N) is 3. The fourth-order valence-electron chi connectivity index (χ4n) is 3.92. The predicted octanol–water partition coefficient (Wildman–Crippen LogP) is 7.26. The molecule has 4 rings (SSSR count). The number of rotatable bonds is 9. The third-order valence-corrected chi connectivity index (χ3v) is 6.29. The Hall–Kier alpha value is -5.00. The van der Waals surface area contributed by atoms with E-state index in [9.17, 15) is 18.0 Å². The molecule has 0 saturated heterocycles. The van der Waals surface area contributed by atoms with Gasteiger partial charge in [0.15, 0.2) is 11.6 Å². The van der Waals surface area contributed by atoms with Crippen molar-refractivity contribution in [1.82, 2.24) is 14.8 Å². The number of carbonyl (C=O) groups is 1. The van der Waals surface area contributed by atoms with Crippen molar-refractivity contribution in [2.45, 2.75) is 39.8 Å². The molecule has 2 heterocycles. The number of allylic oxidation sites excluding steroid dienone is 1. The highest BCUT2D eigenvalue weighted by atomic mass is 19.4. The van der Waals surface area contributed by atoms with Crippen LogP contribution in [0.4, 0.5) is 36.2 Å². The van der Waals surface area contributed by atoms with Crippen molar-refractivity contribution in [2.75, 3.05) is 16.4 Å². The van der Waals surface area contributed by atoms with Gasteiger partial charge in [0.25, 0.3) is 5.91 Å². The number of amides is 1. The third-order valence-electron chi connectivity index (χ3n) is 6.29. The van der Waals surface area contributed by atoms with Crippen molar-refractivity contribution in [3.63, 3.8) is 0 Å². The van der Waals surface area contributed by atoms with Gasteiger partial charge in [0.2, 0.25) is 0 Å². The molecule has 220 valence electrons. The smallest absolute Gasteiger partial charge is 0.391 e. The molecule has 0 aliphatic heterocycles. The van der Waals surface area contributed by atoms with Crippen LogP contribution in [0.1, 0.15) is 39.2 Å². The summed E-state index contributed by atoms with van der Waals surface area (Å²) in [5.74, 6) is -0.0615. The second-order valence-electron chi connectivity index (χ2n) is 9.35. The summed E-state index contributed by atoms with van der Waals surface area (Å²) in [7, 11) is 0. The van der Waals surface area contributed by atoms with Crippen LogP contribution < -0.4 is 16.4 Å². The number of aromatic nitrogens is 3. The lowest BCUT2D eigenvalue weighted by Gasteiger charge is -2.13. The summed E-state index contributed by atoms with van der Waals surface area (Å²) in [6, 6.07) is 18.3. The highest BCUT2D eigenvalue weighted by Gasteiger charge is 2.34. The van der Waals surface area contributed by atoms with Crippen molar-refractivity contribution in [3.8, 4) is 5.82 Å². The maximum atomic E-state index is 12.3. The Labute approximate surface area is 241 Å². The van der Waals surface area contributed by atoms with Crippen LogP contribution in [0.2, 0.25) is 0 Å². The molecule has 12 heteroatoms. The van der Waals surface area contributed by atoms with Crippen LogP contribution in [0.5, 0.6) is 0 Å². The second-order valence-corrected chi connectivity index (χ2v) is 9.35. The molecule has 0 radical (unpaired) electrons. The van der Waals surface area contributed by atoms with E-state index in [0.29, 0.717) is 35.1 Å². The highest BCUT2D eigenvalue weighted by molar-refractivity contribution is 6.16. The van der Waals surface area contributed by atoms with Crippen LogP contribution >= 0.6 is 0 Å². The average Bonchev–Trinajstić information content (AvgIpc) is 3.33. The number of hydrogen-bond donors (Lipinski definition) is 5. The van der Waals surface area contributed by atoms with Gasteiger partial charge in [-0.15, -0.1) is 5.10 Å². The zero-order chi connectivity index (χ0) is 30.9. The van der Waals surface area contributed by atoms with Gasteiger partial charge in [0, 0.05) is 34.8 Å². The number of carbonyl (C=O) groups excluding carboxylic acids is 1. The van der Waals surface area contributed by atoms with Gasteiger partial charge in [-0.1, -0.05) is 44.5 Å². The van der Waals surface area contributed by atoms with Crippen molar-refractivity contribution >= 4 is 52.2 Å². The summed E-state index contributed by atoms with van der Waals surface area (Å²) >= 11 is 0. The number of halogens is 3. The number of para-hydroxylation sites is 1. The maximum Gasteiger partial charge on any atom is 0.391 e. The minimum atomic E-state index is -3.99. The van der Waals surface area contributed by atoms with E-state index in [4.69, 9.17) is 21.7 Å². The van der Waals surface area contributed by atoms with Crippen molar-refractivity contribution in [3.05, 3.63) is 77.9 Å². The Morgan fingerprint density at radius 3 is 2.48 bits per heavy atom. The first-order chi connectivity index (χ1) is 20.0. The summed E-state index contributed by atoms with van der Waals surface area (Å²) < 4.78 is 36.6. The van der Waals surface area contributed by atoms with E-state index >= 15 is 0 Å². The maximum absolute atomic E-state index is 12.3. The minimum absolute atomic E-state index is 0.240. The second kappa shape index (κ2) is 14.1. The fraction of sp³-hybridized carbons (Fsp3) is 0.233. The first-order valence-electron chi connectivity index (χ1n) is 13.2. The van der Waals surface area contributed by atoms with Gasteiger partial charge >= 0.3 is 6.18 Å². The fourth-order valence-corrected chi connectivity index (χ4v) is 3.92. The summed E-state index contributed by atoms with van der Waals surface area (Å²) in [6.45, 7) is 4.66. The van der Waals surface area contributed by atoms with E-state index in [2.05, 4.69) is 15.6 Å². The molecule has 1 amide bonds. The molecule has 1 unspecified atom stereocenters. The third kappa shape index (κ3) is 7.80. The van der Waals surface area contributed by atoms with Gasteiger partial charge in [-0.25, -0.2) is 9.67 Å². The van der Waals surface area contributed by atoms with E-state index in [1.807, 2.05) is 30.3 Å². The largest absolute Gasteiger partial charge is 0.398 e. The molecule has 9 nitrogen and oxygen atoms in total. The van der Waals surface area contributed by atoms with Gasteiger partial charge < -0.3 is 27.2 Å². The van der Waals surface area contributed by atoms with Gasteiger partial charge in [-0.05, 0) is 55.8 Å². The monoisotopic (exact) mass is 578 g/mol. The molecule has 0 fully saturated rings. The number of nitrogen functional groups attached to an aromatic ring is 1. The number of fused-ring (bicyclic) bond motifs is 1. The number of anilines is 4. The summed E-state index contributed by atoms with van der Waals surface area (Å²) in [4.78, 5) is 16.8. The van der Waals surface area contributed by atoms with E-state index < -0.39 is 18.0 Å². The van der Waals surface area contributed by atoms with Crippen molar-refractivity contribution in [1.29, 1.82) is 10.8 Å². The number of pyridine rings is 1. The van der Waals surface area contributed by atoms with Gasteiger partial charge in [0.1, 0.15) is 5.82 Å². The molecule has 1 atom stereocenters.